The minimum Gasteiger partial charge on any atom is -0.324 e. The van der Waals surface area contributed by atoms with Crippen LogP contribution in [-0.4, -0.2) is 12.5 Å². The van der Waals surface area contributed by atoms with E-state index in [1.165, 1.54) is 0 Å². The number of para-hydroxylation sites is 1. The third-order valence-electron chi connectivity index (χ3n) is 3.48. The van der Waals surface area contributed by atoms with Crippen LogP contribution in [0.15, 0.2) is 42.5 Å². The number of halogens is 3. The summed E-state index contributed by atoms with van der Waals surface area (Å²) < 4.78 is 0. The van der Waals surface area contributed by atoms with Crippen LogP contribution in [0, 0.1) is 0 Å². The summed E-state index contributed by atoms with van der Waals surface area (Å²) in [4.78, 5) is 12.1. The quantitative estimate of drug-likeness (QED) is 0.766. The molecule has 0 radical (unpaired) electrons. The SMILES string of the molecule is CC(C)(NCC(=O)Nc1ccccc1Cl)c1ccc(Cl)c(Cl)c1. The van der Waals surface area contributed by atoms with Crippen molar-refractivity contribution in [2.24, 2.45) is 0 Å². The lowest BCUT2D eigenvalue weighted by Gasteiger charge is -2.27. The minimum absolute atomic E-state index is 0.137. The zero-order valence-corrected chi connectivity index (χ0v) is 15.1. The predicted molar refractivity (Wildman–Crippen MR) is 97.6 cm³/mol. The van der Waals surface area contributed by atoms with Crippen molar-refractivity contribution in [3.05, 3.63) is 63.1 Å². The van der Waals surface area contributed by atoms with Crippen LogP contribution in [0.2, 0.25) is 15.1 Å². The highest BCUT2D eigenvalue weighted by Crippen LogP contribution is 2.28. The van der Waals surface area contributed by atoms with Gasteiger partial charge in [0.2, 0.25) is 5.91 Å². The Hall–Kier alpha value is -1.26. The molecule has 0 aliphatic carbocycles. The highest BCUT2D eigenvalue weighted by molar-refractivity contribution is 6.42. The maximum atomic E-state index is 12.1. The van der Waals surface area contributed by atoms with Crippen molar-refractivity contribution >= 4 is 46.4 Å². The van der Waals surface area contributed by atoms with Gasteiger partial charge in [0, 0.05) is 5.54 Å². The van der Waals surface area contributed by atoms with Gasteiger partial charge in [-0.3, -0.25) is 10.1 Å². The lowest BCUT2D eigenvalue weighted by atomic mass is 9.94. The smallest absolute Gasteiger partial charge is 0.238 e. The first-order valence-electron chi connectivity index (χ1n) is 7.04. The second-order valence-corrected chi connectivity index (χ2v) is 6.86. The molecule has 0 aromatic heterocycles. The largest absolute Gasteiger partial charge is 0.324 e. The topological polar surface area (TPSA) is 41.1 Å². The van der Waals surface area contributed by atoms with Gasteiger partial charge in [-0.05, 0) is 43.7 Å². The number of rotatable bonds is 5. The van der Waals surface area contributed by atoms with Crippen molar-refractivity contribution in [1.82, 2.24) is 5.32 Å². The van der Waals surface area contributed by atoms with Gasteiger partial charge in [-0.15, -0.1) is 0 Å². The van der Waals surface area contributed by atoms with E-state index in [2.05, 4.69) is 10.6 Å². The zero-order chi connectivity index (χ0) is 17.0. The molecule has 0 heterocycles. The van der Waals surface area contributed by atoms with Crippen LogP contribution in [0.25, 0.3) is 0 Å². The van der Waals surface area contributed by atoms with E-state index in [0.717, 1.165) is 5.56 Å². The van der Waals surface area contributed by atoms with Crippen LogP contribution in [-0.2, 0) is 10.3 Å². The Balaban J connectivity index is 1.99. The molecule has 0 saturated carbocycles. The van der Waals surface area contributed by atoms with Crippen molar-refractivity contribution in [3.63, 3.8) is 0 Å². The molecule has 0 atom stereocenters. The molecule has 0 fully saturated rings. The number of nitrogens with one attached hydrogen (secondary N) is 2. The van der Waals surface area contributed by atoms with Crippen molar-refractivity contribution in [3.8, 4) is 0 Å². The fourth-order valence-corrected chi connectivity index (χ4v) is 2.53. The molecule has 122 valence electrons. The van der Waals surface area contributed by atoms with E-state index >= 15 is 0 Å². The molecule has 0 spiro atoms. The maximum absolute atomic E-state index is 12.1. The Morgan fingerprint density at radius 1 is 1.00 bits per heavy atom. The fourth-order valence-electron chi connectivity index (χ4n) is 2.05. The molecule has 23 heavy (non-hydrogen) atoms. The van der Waals surface area contributed by atoms with Gasteiger partial charge in [0.1, 0.15) is 0 Å². The monoisotopic (exact) mass is 370 g/mol. The molecule has 2 aromatic rings. The average molecular weight is 372 g/mol. The normalized spacial score (nSPS) is 11.3. The number of benzene rings is 2. The molecule has 1 amide bonds. The van der Waals surface area contributed by atoms with Crippen molar-refractivity contribution < 1.29 is 4.79 Å². The fraction of sp³-hybridized carbons (Fsp3) is 0.235. The second-order valence-electron chi connectivity index (χ2n) is 5.64. The van der Waals surface area contributed by atoms with Crippen molar-refractivity contribution in [2.45, 2.75) is 19.4 Å². The van der Waals surface area contributed by atoms with Gasteiger partial charge < -0.3 is 5.32 Å². The van der Waals surface area contributed by atoms with Gasteiger partial charge in [0.15, 0.2) is 0 Å². The first kappa shape index (κ1) is 18.1. The number of carbonyl (C=O) groups is 1. The highest BCUT2D eigenvalue weighted by atomic mass is 35.5. The number of amides is 1. The molecule has 3 nitrogen and oxygen atoms in total. The summed E-state index contributed by atoms with van der Waals surface area (Å²) in [7, 11) is 0. The van der Waals surface area contributed by atoms with E-state index in [-0.39, 0.29) is 12.5 Å². The summed E-state index contributed by atoms with van der Waals surface area (Å²) in [6.07, 6.45) is 0. The van der Waals surface area contributed by atoms with Crippen LogP contribution in [0.4, 0.5) is 5.69 Å². The summed E-state index contributed by atoms with van der Waals surface area (Å²) in [5.74, 6) is -0.175. The Morgan fingerprint density at radius 2 is 1.70 bits per heavy atom. The van der Waals surface area contributed by atoms with E-state index in [9.17, 15) is 4.79 Å². The van der Waals surface area contributed by atoms with Crippen LogP contribution in [0.1, 0.15) is 19.4 Å². The zero-order valence-electron chi connectivity index (χ0n) is 12.8. The average Bonchev–Trinajstić information content (AvgIpc) is 2.50. The summed E-state index contributed by atoms with van der Waals surface area (Å²) in [6.45, 7) is 4.07. The minimum atomic E-state index is -0.438. The molecule has 0 unspecified atom stereocenters. The lowest BCUT2D eigenvalue weighted by molar-refractivity contribution is -0.115. The number of carbonyl (C=O) groups excluding carboxylic acids is 1. The van der Waals surface area contributed by atoms with E-state index in [1.807, 2.05) is 32.0 Å². The van der Waals surface area contributed by atoms with Gasteiger partial charge in [-0.25, -0.2) is 0 Å². The van der Waals surface area contributed by atoms with Crippen LogP contribution in [0.3, 0.4) is 0 Å². The van der Waals surface area contributed by atoms with E-state index < -0.39 is 5.54 Å². The second kappa shape index (κ2) is 7.54. The molecular weight excluding hydrogens is 355 g/mol. The highest BCUT2D eigenvalue weighted by Gasteiger charge is 2.21. The van der Waals surface area contributed by atoms with E-state index in [1.54, 1.807) is 24.3 Å². The molecule has 0 aliphatic rings. The van der Waals surface area contributed by atoms with Gasteiger partial charge in [0.25, 0.3) is 0 Å². The van der Waals surface area contributed by atoms with Gasteiger partial charge in [-0.1, -0.05) is 53.0 Å². The summed E-state index contributed by atoms with van der Waals surface area (Å²) in [6, 6.07) is 12.5. The summed E-state index contributed by atoms with van der Waals surface area (Å²) >= 11 is 18.0. The summed E-state index contributed by atoms with van der Waals surface area (Å²) in [5.41, 5.74) is 1.09. The predicted octanol–water partition coefficient (Wildman–Crippen LogP) is 5.11. The molecule has 0 aliphatic heterocycles. The van der Waals surface area contributed by atoms with Crippen LogP contribution in [0.5, 0.6) is 0 Å². The van der Waals surface area contributed by atoms with Crippen LogP contribution >= 0.6 is 34.8 Å². The molecule has 0 saturated heterocycles. The third-order valence-corrected chi connectivity index (χ3v) is 4.55. The molecule has 0 bridgehead atoms. The Bertz CT molecular complexity index is 717. The van der Waals surface area contributed by atoms with E-state index in [0.29, 0.717) is 20.8 Å². The number of hydrogen-bond donors (Lipinski definition) is 2. The van der Waals surface area contributed by atoms with Crippen molar-refractivity contribution in [1.29, 1.82) is 0 Å². The third kappa shape index (κ3) is 4.85. The lowest BCUT2D eigenvalue weighted by Crippen LogP contribution is -2.41. The summed E-state index contributed by atoms with van der Waals surface area (Å²) in [5, 5.41) is 7.47. The Labute approximate surface area is 150 Å². The standard InChI is InChI=1S/C17H17Cl3N2O/c1-17(2,11-7-8-12(18)14(20)9-11)21-10-16(23)22-15-6-4-3-5-13(15)19/h3-9,21H,10H2,1-2H3,(H,22,23). The first-order chi connectivity index (χ1) is 10.8. The Kier molecular flexibility index (Phi) is 5.93. The Morgan fingerprint density at radius 3 is 2.35 bits per heavy atom. The maximum Gasteiger partial charge on any atom is 0.238 e. The van der Waals surface area contributed by atoms with E-state index in [4.69, 9.17) is 34.8 Å². The van der Waals surface area contributed by atoms with Crippen molar-refractivity contribution in [2.75, 3.05) is 11.9 Å². The number of anilines is 1. The molecular formula is C17H17Cl3N2O. The number of hydrogen-bond acceptors (Lipinski definition) is 2. The van der Waals surface area contributed by atoms with Gasteiger partial charge in [-0.2, -0.15) is 0 Å². The molecule has 6 heteroatoms. The van der Waals surface area contributed by atoms with Crippen LogP contribution < -0.4 is 10.6 Å². The molecule has 2 rings (SSSR count). The first-order valence-corrected chi connectivity index (χ1v) is 8.18. The molecule has 2 N–H and O–H groups in total. The molecule has 2 aromatic carbocycles. The van der Waals surface area contributed by atoms with Gasteiger partial charge in [0.05, 0.1) is 27.3 Å². The van der Waals surface area contributed by atoms with Gasteiger partial charge >= 0.3 is 0 Å².